The van der Waals surface area contributed by atoms with Gasteiger partial charge in [-0.1, -0.05) is 30.3 Å². The van der Waals surface area contributed by atoms with E-state index in [-0.39, 0.29) is 5.91 Å². The number of amides is 1. The maximum atomic E-state index is 12.3. The van der Waals surface area contributed by atoms with Crippen molar-refractivity contribution < 1.29 is 4.79 Å². The summed E-state index contributed by atoms with van der Waals surface area (Å²) >= 11 is 0. The molecule has 1 fully saturated rings. The van der Waals surface area contributed by atoms with Crippen LogP contribution in [0, 0.1) is 0 Å². The van der Waals surface area contributed by atoms with E-state index in [1.165, 1.54) is 18.4 Å². The van der Waals surface area contributed by atoms with E-state index in [1.807, 2.05) is 6.07 Å². The Labute approximate surface area is 137 Å². The molecule has 1 amide bonds. The third-order valence-electron chi connectivity index (χ3n) is 4.41. The van der Waals surface area contributed by atoms with Gasteiger partial charge in [0, 0.05) is 30.5 Å². The summed E-state index contributed by atoms with van der Waals surface area (Å²) < 4.78 is 0. The Hall–Kier alpha value is -2.20. The van der Waals surface area contributed by atoms with Gasteiger partial charge in [0.1, 0.15) is 0 Å². The van der Waals surface area contributed by atoms with Gasteiger partial charge in [0.15, 0.2) is 0 Å². The van der Waals surface area contributed by atoms with Crippen molar-refractivity contribution in [2.75, 3.05) is 19.6 Å². The van der Waals surface area contributed by atoms with E-state index in [4.69, 9.17) is 0 Å². The third kappa shape index (κ3) is 4.39. The standard InChI is InChI=1S/C19H23N3O/c23-19(17-8-10-20-11-9-17)21-15-18(22-12-4-5-13-22)14-16-6-2-1-3-7-16/h1-3,6-11,18H,4-5,12-15H2,(H,21,23). The minimum Gasteiger partial charge on any atom is -0.350 e. The maximum Gasteiger partial charge on any atom is 0.251 e. The van der Waals surface area contributed by atoms with Crippen LogP contribution in [-0.4, -0.2) is 41.5 Å². The summed E-state index contributed by atoms with van der Waals surface area (Å²) in [6.07, 6.45) is 6.78. The lowest BCUT2D eigenvalue weighted by Crippen LogP contribution is -2.44. The molecular weight excluding hydrogens is 286 g/mol. The average molecular weight is 309 g/mol. The van der Waals surface area contributed by atoms with Gasteiger partial charge in [0.25, 0.3) is 5.91 Å². The number of rotatable bonds is 6. The van der Waals surface area contributed by atoms with Gasteiger partial charge in [-0.05, 0) is 50.0 Å². The second-order valence-corrected chi connectivity index (χ2v) is 6.03. The maximum absolute atomic E-state index is 12.3. The molecule has 4 nitrogen and oxygen atoms in total. The molecule has 0 bridgehead atoms. The first-order valence-corrected chi connectivity index (χ1v) is 8.29. The molecule has 1 unspecified atom stereocenters. The van der Waals surface area contributed by atoms with Crippen LogP contribution in [0.15, 0.2) is 54.9 Å². The summed E-state index contributed by atoms with van der Waals surface area (Å²) in [4.78, 5) is 18.7. The zero-order valence-corrected chi connectivity index (χ0v) is 13.3. The van der Waals surface area contributed by atoms with Crippen molar-refractivity contribution in [3.8, 4) is 0 Å². The van der Waals surface area contributed by atoms with Gasteiger partial charge in [0.05, 0.1) is 0 Å². The van der Waals surface area contributed by atoms with Gasteiger partial charge < -0.3 is 5.32 Å². The number of likely N-dealkylation sites (tertiary alicyclic amines) is 1. The zero-order valence-electron chi connectivity index (χ0n) is 13.3. The van der Waals surface area contributed by atoms with Crippen LogP contribution in [0.3, 0.4) is 0 Å². The number of nitrogens with one attached hydrogen (secondary N) is 1. The molecule has 1 aromatic heterocycles. The molecule has 3 rings (SSSR count). The lowest BCUT2D eigenvalue weighted by atomic mass is 10.0. The molecule has 1 aliphatic heterocycles. The summed E-state index contributed by atoms with van der Waals surface area (Å²) in [5.41, 5.74) is 1.99. The van der Waals surface area contributed by atoms with Crippen LogP contribution in [0.4, 0.5) is 0 Å². The molecule has 1 saturated heterocycles. The second kappa shape index (κ2) is 7.88. The molecule has 1 N–H and O–H groups in total. The minimum absolute atomic E-state index is 0.0235. The number of hydrogen-bond donors (Lipinski definition) is 1. The van der Waals surface area contributed by atoms with E-state index in [1.54, 1.807) is 24.5 Å². The van der Waals surface area contributed by atoms with Crippen LogP contribution < -0.4 is 5.32 Å². The van der Waals surface area contributed by atoms with Gasteiger partial charge in [-0.15, -0.1) is 0 Å². The van der Waals surface area contributed by atoms with E-state index >= 15 is 0 Å². The second-order valence-electron chi connectivity index (χ2n) is 6.03. The number of carbonyl (C=O) groups is 1. The first-order valence-electron chi connectivity index (χ1n) is 8.29. The van der Waals surface area contributed by atoms with E-state index in [0.29, 0.717) is 18.2 Å². The van der Waals surface area contributed by atoms with E-state index in [0.717, 1.165) is 19.5 Å². The first kappa shape index (κ1) is 15.7. The van der Waals surface area contributed by atoms with Gasteiger partial charge in [-0.3, -0.25) is 14.7 Å². The Bertz CT molecular complexity index is 609. The number of hydrogen-bond acceptors (Lipinski definition) is 3. The Morgan fingerprint density at radius 2 is 1.78 bits per heavy atom. The Kier molecular flexibility index (Phi) is 5.37. The number of benzene rings is 1. The molecule has 23 heavy (non-hydrogen) atoms. The molecule has 0 aliphatic carbocycles. The number of pyridine rings is 1. The molecule has 2 heterocycles. The average Bonchev–Trinajstić information content (AvgIpc) is 3.14. The van der Waals surface area contributed by atoms with Gasteiger partial charge in [0.2, 0.25) is 0 Å². The van der Waals surface area contributed by atoms with Crippen LogP contribution in [0.5, 0.6) is 0 Å². The summed E-state index contributed by atoms with van der Waals surface area (Å²) in [7, 11) is 0. The molecular formula is C19H23N3O. The van der Waals surface area contributed by atoms with Crippen LogP contribution in [0.1, 0.15) is 28.8 Å². The van der Waals surface area contributed by atoms with Crippen molar-refractivity contribution in [2.45, 2.75) is 25.3 Å². The number of nitrogens with zero attached hydrogens (tertiary/aromatic N) is 2. The minimum atomic E-state index is -0.0235. The topological polar surface area (TPSA) is 45.2 Å². The quantitative estimate of drug-likeness (QED) is 0.892. The highest BCUT2D eigenvalue weighted by atomic mass is 16.1. The zero-order chi connectivity index (χ0) is 15.9. The lowest BCUT2D eigenvalue weighted by molar-refractivity contribution is 0.0937. The van der Waals surface area contributed by atoms with Crippen molar-refractivity contribution in [1.29, 1.82) is 0 Å². The molecule has 0 spiro atoms. The fraction of sp³-hybridized carbons (Fsp3) is 0.368. The van der Waals surface area contributed by atoms with E-state index in [2.05, 4.69) is 39.5 Å². The van der Waals surface area contributed by atoms with Crippen molar-refractivity contribution in [1.82, 2.24) is 15.2 Å². The summed E-state index contributed by atoms with van der Waals surface area (Å²) in [5, 5.41) is 3.09. The van der Waals surface area contributed by atoms with Crippen molar-refractivity contribution in [3.63, 3.8) is 0 Å². The number of carbonyl (C=O) groups excluding carboxylic acids is 1. The highest BCUT2D eigenvalue weighted by molar-refractivity contribution is 5.93. The van der Waals surface area contributed by atoms with Crippen molar-refractivity contribution in [3.05, 3.63) is 66.0 Å². The lowest BCUT2D eigenvalue weighted by Gasteiger charge is -2.28. The molecule has 2 aromatic rings. The van der Waals surface area contributed by atoms with Gasteiger partial charge >= 0.3 is 0 Å². The predicted molar refractivity (Wildman–Crippen MR) is 91.3 cm³/mol. The van der Waals surface area contributed by atoms with Crippen LogP contribution in [-0.2, 0) is 6.42 Å². The highest BCUT2D eigenvalue weighted by Crippen LogP contribution is 2.15. The molecule has 0 saturated carbocycles. The fourth-order valence-electron chi connectivity index (χ4n) is 3.14. The highest BCUT2D eigenvalue weighted by Gasteiger charge is 2.22. The smallest absolute Gasteiger partial charge is 0.251 e. The van der Waals surface area contributed by atoms with Crippen molar-refractivity contribution >= 4 is 5.91 Å². The molecule has 120 valence electrons. The molecule has 0 radical (unpaired) electrons. The van der Waals surface area contributed by atoms with Crippen LogP contribution >= 0.6 is 0 Å². The predicted octanol–water partition coefficient (Wildman–Crippen LogP) is 2.52. The summed E-state index contributed by atoms with van der Waals surface area (Å²) in [6, 6.07) is 14.4. The molecule has 1 atom stereocenters. The SMILES string of the molecule is O=C(NCC(Cc1ccccc1)N1CCCC1)c1ccncc1. The van der Waals surface area contributed by atoms with Gasteiger partial charge in [-0.2, -0.15) is 0 Å². The molecule has 4 heteroatoms. The Morgan fingerprint density at radius 3 is 2.48 bits per heavy atom. The van der Waals surface area contributed by atoms with Crippen molar-refractivity contribution in [2.24, 2.45) is 0 Å². The third-order valence-corrected chi connectivity index (χ3v) is 4.41. The Balaban J connectivity index is 1.63. The largest absolute Gasteiger partial charge is 0.350 e. The van der Waals surface area contributed by atoms with Crippen LogP contribution in [0.25, 0.3) is 0 Å². The van der Waals surface area contributed by atoms with Gasteiger partial charge in [-0.25, -0.2) is 0 Å². The monoisotopic (exact) mass is 309 g/mol. The number of aromatic nitrogens is 1. The molecule has 1 aromatic carbocycles. The fourth-order valence-corrected chi connectivity index (χ4v) is 3.14. The van der Waals surface area contributed by atoms with Crippen LogP contribution in [0.2, 0.25) is 0 Å². The normalized spacial score (nSPS) is 16.2. The summed E-state index contributed by atoms with van der Waals surface area (Å²) in [6.45, 7) is 2.93. The molecule has 1 aliphatic rings. The Morgan fingerprint density at radius 1 is 1.09 bits per heavy atom. The van der Waals surface area contributed by atoms with E-state index < -0.39 is 0 Å². The van der Waals surface area contributed by atoms with E-state index in [9.17, 15) is 4.79 Å². The summed E-state index contributed by atoms with van der Waals surface area (Å²) in [5.74, 6) is -0.0235. The first-order chi connectivity index (χ1) is 11.3.